The lowest BCUT2D eigenvalue weighted by molar-refractivity contribution is 0.0696. The fourth-order valence-electron chi connectivity index (χ4n) is 3.66. The second kappa shape index (κ2) is 8.10. The highest BCUT2D eigenvalue weighted by atomic mass is 32.3. The van der Waals surface area contributed by atoms with Crippen molar-refractivity contribution in [3.63, 3.8) is 0 Å². The van der Waals surface area contributed by atoms with Gasteiger partial charge in [-0.25, -0.2) is 21.6 Å². The highest BCUT2D eigenvalue weighted by molar-refractivity contribution is 7.96. The van der Waals surface area contributed by atoms with Crippen LogP contribution in [0.5, 0.6) is 0 Å². The van der Waals surface area contributed by atoms with Crippen LogP contribution in [0.1, 0.15) is 34.3 Å². The summed E-state index contributed by atoms with van der Waals surface area (Å²) in [4.78, 5) is 12.0. The van der Waals surface area contributed by atoms with Crippen LogP contribution in [-0.2, 0) is 32.7 Å². The highest BCUT2D eigenvalue weighted by Crippen LogP contribution is 2.34. The Balaban J connectivity index is 1.69. The third-order valence-corrected chi connectivity index (χ3v) is 10.3. The van der Waals surface area contributed by atoms with Crippen LogP contribution >= 0.6 is 11.3 Å². The predicted octanol–water partition coefficient (Wildman–Crippen LogP) is 3.96. The third kappa shape index (κ3) is 4.10. The standard InChI is InChI=1S/C21H19NO6S3/c23-21(24)20-16-9-5-4-6-14(16)10-11-17(20)22-31(27,28)19-13-12-18(29-19)30(25,26)15-7-2-1-3-8-15/h1-3,7-8,10-13,22H,4-6,9H2,(H,23,24). The Hall–Kier alpha value is -2.69. The van der Waals surface area contributed by atoms with E-state index in [-0.39, 0.29) is 24.6 Å². The molecule has 1 aliphatic carbocycles. The largest absolute Gasteiger partial charge is 0.478 e. The van der Waals surface area contributed by atoms with E-state index in [1.54, 1.807) is 24.3 Å². The summed E-state index contributed by atoms with van der Waals surface area (Å²) in [6.45, 7) is 0. The Morgan fingerprint density at radius 3 is 2.26 bits per heavy atom. The summed E-state index contributed by atoms with van der Waals surface area (Å²) in [5, 5.41) is 9.71. The molecule has 0 fully saturated rings. The molecule has 0 spiro atoms. The van der Waals surface area contributed by atoms with Crippen molar-refractivity contribution in [1.82, 2.24) is 0 Å². The lowest BCUT2D eigenvalue weighted by Crippen LogP contribution is -2.18. The van der Waals surface area contributed by atoms with Crippen LogP contribution in [0, 0.1) is 0 Å². The molecule has 0 bridgehead atoms. The van der Waals surface area contributed by atoms with E-state index in [1.807, 2.05) is 0 Å². The van der Waals surface area contributed by atoms with Crippen LogP contribution < -0.4 is 4.72 Å². The minimum Gasteiger partial charge on any atom is -0.478 e. The zero-order chi connectivity index (χ0) is 22.2. The average Bonchev–Trinajstić information content (AvgIpc) is 3.26. The van der Waals surface area contributed by atoms with Crippen molar-refractivity contribution in [3.05, 3.63) is 71.3 Å². The molecule has 1 aliphatic rings. The molecule has 7 nitrogen and oxygen atoms in total. The Labute approximate surface area is 184 Å². The number of aryl methyl sites for hydroxylation is 1. The third-order valence-electron chi connectivity index (χ3n) is 5.13. The first-order valence-corrected chi connectivity index (χ1v) is 13.3. The molecule has 2 N–H and O–H groups in total. The van der Waals surface area contributed by atoms with Crippen LogP contribution in [0.4, 0.5) is 5.69 Å². The van der Waals surface area contributed by atoms with Crippen molar-refractivity contribution >= 4 is 42.9 Å². The number of nitrogens with one attached hydrogen (secondary N) is 1. The maximum Gasteiger partial charge on any atom is 0.338 e. The maximum absolute atomic E-state index is 12.9. The van der Waals surface area contributed by atoms with Gasteiger partial charge in [0.2, 0.25) is 9.84 Å². The topological polar surface area (TPSA) is 118 Å². The molecule has 0 amide bonds. The summed E-state index contributed by atoms with van der Waals surface area (Å²) in [6.07, 6.45) is 3.14. The number of carbonyl (C=O) groups is 1. The molecule has 1 aromatic heterocycles. The van der Waals surface area contributed by atoms with Gasteiger partial charge in [-0.15, -0.1) is 11.3 Å². The molecule has 0 saturated heterocycles. The number of hydrogen-bond donors (Lipinski definition) is 2. The Morgan fingerprint density at radius 1 is 0.871 bits per heavy atom. The lowest BCUT2D eigenvalue weighted by atomic mass is 9.87. The Bertz CT molecular complexity index is 1360. The number of anilines is 1. The predicted molar refractivity (Wildman–Crippen MR) is 117 cm³/mol. The van der Waals surface area contributed by atoms with Gasteiger partial charge in [0, 0.05) is 0 Å². The minimum absolute atomic E-state index is 0.0194. The number of sulfonamides is 1. The van der Waals surface area contributed by atoms with Gasteiger partial charge in [0.05, 0.1) is 16.1 Å². The second-order valence-electron chi connectivity index (χ2n) is 7.13. The zero-order valence-corrected chi connectivity index (χ0v) is 18.7. The summed E-state index contributed by atoms with van der Waals surface area (Å²) in [5.41, 5.74) is 1.50. The SMILES string of the molecule is O=C(O)c1c(NS(=O)(=O)c2ccc(S(=O)(=O)c3ccccc3)s2)ccc2c1CCCC2. The van der Waals surface area contributed by atoms with Crippen molar-refractivity contribution in [2.75, 3.05) is 4.72 Å². The number of hydrogen-bond acceptors (Lipinski definition) is 6. The molecule has 162 valence electrons. The quantitative estimate of drug-likeness (QED) is 0.555. The fraction of sp³-hybridized carbons (Fsp3) is 0.190. The van der Waals surface area contributed by atoms with Gasteiger partial charge >= 0.3 is 5.97 Å². The van der Waals surface area contributed by atoms with Crippen LogP contribution in [0.3, 0.4) is 0 Å². The van der Waals surface area contributed by atoms with E-state index in [9.17, 15) is 26.7 Å². The van der Waals surface area contributed by atoms with Gasteiger partial charge in [-0.05, 0) is 67.1 Å². The normalized spacial score (nSPS) is 14.1. The van der Waals surface area contributed by atoms with Gasteiger partial charge < -0.3 is 5.11 Å². The molecule has 1 heterocycles. The zero-order valence-electron chi connectivity index (χ0n) is 16.2. The van der Waals surface area contributed by atoms with E-state index in [2.05, 4.69) is 4.72 Å². The van der Waals surface area contributed by atoms with E-state index < -0.39 is 25.8 Å². The molecule has 0 aliphatic heterocycles. The number of fused-ring (bicyclic) bond motifs is 1. The van der Waals surface area contributed by atoms with E-state index in [4.69, 9.17) is 0 Å². The van der Waals surface area contributed by atoms with E-state index in [0.29, 0.717) is 23.3 Å². The minimum atomic E-state index is -4.18. The van der Waals surface area contributed by atoms with Crippen molar-refractivity contribution in [2.24, 2.45) is 0 Å². The molecule has 4 rings (SSSR count). The number of sulfone groups is 1. The van der Waals surface area contributed by atoms with Gasteiger partial charge in [-0.3, -0.25) is 4.72 Å². The van der Waals surface area contributed by atoms with Crippen molar-refractivity contribution in [3.8, 4) is 0 Å². The molecule has 0 atom stereocenters. The summed E-state index contributed by atoms with van der Waals surface area (Å²) in [7, 11) is -8.03. The fourth-order valence-corrected chi connectivity index (χ4v) is 7.92. The second-order valence-corrected chi connectivity index (χ2v) is 12.3. The molecule has 3 aromatic rings. The van der Waals surface area contributed by atoms with Gasteiger partial charge in [0.25, 0.3) is 10.0 Å². The number of rotatable bonds is 6. The Kier molecular flexibility index (Phi) is 5.63. The number of aromatic carboxylic acids is 1. The molecule has 0 unspecified atom stereocenters. The first kappa shape index (κ1) is 21.5. The number of benzene rings is 2. The van der Waals surface area contributed by atoms with Gasteiger partial charge in [-0.2, -0.15) is 0 Å². The summed E-state index contributed by atoms with van der Waals surface area (Å²) < 4.78 is 53.4. The molecule has 2 aromatic carbocycles. The summed E-state index contributed by atoms with van der Waals surface area (Å²) in [6, 6.07) is 13.4. The Morgan fingerprint density at radius 2 is 1.55 bits per heavy atom. The number of carboxylic acids is 1. The smallest absolute Gasteiger partial charge is 0.338 e. The summed E-state index contributed by atoms with van der Waals surface area (Å²) >= 11 is 0.618. The average molecular weight is 478 g/mol. The van der Waals surface area contributed by atoms with Crippen molar-refractivity contribution < 1.29 is 26.7 Å². The first-order chi connectivity index (χ1) is 14.7. The molecular weight excluding hydrogens is 458 g/mol. The maximum atomic E-state index is 12.9. The van der Waals surface area contributed by atoms with Crippen LogP contribution in [-0.4, -0.2) is 27.9 Å². The molecule has 10 heteroatoms. The number of carboxylic acid groups (broad SMARTS) is 1. The van der Waals surface area contributed by atoms with Gasteiger partial charge in [-0.1, -0.05) is 24.3 Å². The van der Waals surface area contributed by atoms with Crippen molar-refractivity contribution in [1.29, 1.82) is 0 Å². The summed E-state index contributed by atoms with van der Waals surface area (Å²) in [5.74, 6) is -1.20. The molecule has 31 heavy (non-hydrogen) atoms. The monoisotopic (exact) mass is 477 g/mol. The lowest BCUT2D eigenvalue weighted by Gasteiger charge is -2.20. The molecular formula is C21H19NO6S3. The van der Waals surface area contributed by atoms with Crippen molar-refractivity contribution in [2.45, 2.75) is 39.0 Å². The van der Waals surface area contributed by atoms with Gasteiger partial charge in [0.15, 0.2) is 0 Å². The van der Waals surface area contributed by atoms with Crippen LogP contribution in [0.2, 0.25) is 0 Å². The van der Waals surface area contributed by atoms with E-state index >= 15 is 0 Å². The van der Waals surface area contributed by atoms with E-state index in [1.165, 1.54) is 30.3 Å². The number of thiophene rings is 1. The molecule has 0 radical (unpaired) electrons. The van der Waals surface area contributed by atoms with Crippen LogP contribution in [0.25, 0.3) is 0 Å². The van der Waals surface area contributed by atoms with E-state index in [0.717, 1.165) is 24.8 Å². The first-order valence-electron chi connectivity index (χ1n) is 9.51. The highest BCUT2D eigenvalue weighted by Gasteiger charge is 2.27. The van der Waals surface area contributed by atoms with Crippen LogP contribution in [0.15, 0.2) is 67.9 Å². The molecule has 0 saturated carbocycles. The van der Waals surface area contributed by atoms with Gasteiger partial charge in [0.1, 0.15) is 8.42 Å².